The Labute approximate surface area is 494 Å². The van der Waals surface area contributed by atoms with Crippen LogP contribution in [0.15, 0.2) is 194 Å². The first kappa shape index (κ1) is 60.4. The van der Waals surface area contributed by atoms with E-state index in [4.69, 9.17) is 40.3 Å². The summed E-state index contributed by atoms with van der Waals surface area (Å²) in [7, 11) is 11.1. The molecule has 0 unspecified atom stereocenters. The van der Waals surface area contributed by atoms with Gasteiger partial charge in [-0.2, -0.15) is 0 Å². The summed E-state index contributed by atoms with van der Waals surface area (Å²) in [6, 6.07) is 71.9. The molecule has 80 heavy (non-hydrogen) atoms. The van der Waals surface area contributed by atoms with Crippen molar-refractivity contribution in [1.82, 2.24) is 0 Å². The van der Waals surface area contributed by atoms with Crippen LogP contribution in [-0.4, -0.2) is 20.3 Å². The summed E-state index contributed by atoms with van der Waals surface area (Å²) in [6.45, 7) is 22.1. The van der Waals surface area contributed by atoms with Crippen molar-refractivity contribution in [3.8, 4) is 22.6 Å². The van der Waals surface area contributed by atoms with E-state index in [2.05, 4.69) is 215 Å². The van der Waals surface area contributed by atoms with Crippen molar-refractivity contribution in [2.24, 2.45) is 17.4 Å². The van der Waals surface area contributed by atoms with Crippen LogP contribution in [0.4, 0.5) is 0 Å². The molecule has 0 bridgehead atoms. The van der Waals surface area contributed by atoms with Crippen molar-refractivity contribution < 1.29 is 24.6 Å². The first-order valence-corrected chi connectivity index (χ1v) is 34.2. The molecule has 410 valence electrons. The fourth-order valence-electron chi connectivity index (χ4n) is 11.4. The number of hydrogen-bond acceptors (Lipinski definition) is 4. The number of aryl methyl sites for hydroxylation is 8. The van der Waals surface area contributed by atoms with Gasteiger partial charge in [0.2, 0.25) is 0 Å². The molecule has 9 heteroatoms. The summed E-state index contributed by atoms with van der Waals surface area (Å²) < 4.78 is 10.5. The number of rotatable bonds is 13. The normalized spacial score (nSPS) is 11.8. The fraction of sp³-hybridized carbons (Fsp3) is 0.211. The molecule has 0 amide bonds. The molecule has 0 saturated heterocycles. The van der Waals surface area contributed by atoms with Crippen molar-refractivity contribution in [2.45, 2.75) is 80.8 Å². The Kier molecular flexibility index (Phi) is 20.3. The van der Waals surface area contributed by atoms with Gasteiger partial charge in [0.15, 0.2) is 0 Å². The van der Waals surface area contributed by atoms with E-state index in [0.29, 0.717) is 0 Å². The maximum atomic E-state index is 6.86. The van der Waals surface area contributed by atoms with Crippen LogP contribution in [0, 0.1) is 61.3 Å². The van der Waals surface area contributed by atoms with Crippen LogP contribution < -0.4 is 52.8 Å². The average molecular weight is 1220 g/mol. The molecule has 0 fully saturated rings. The average Bonchev–Trinajstić information content (AvgIpc) is 3.62. The summed E-state index contributed by atoms with van der Waals surface area (Å²) in [4.78, 5) is 0. The number of halogens is 2. The van der Waals surface area contributed by atoms with Gasteiger partial charge in [-0.3, -0.25) is 0 Å². The Bertz CT molecular complexity index is 3350. The zero-order valence-electron chi connectivity index (χ0n) is 48.1. The third-order valence-electron chi connectivity index (χ3n) is 14.8. The van der Waals surface area contributed by atoms with Gasteiger partial charge in [0.05, 0.1) is 19.8 Å². The molecular formula is C71H74Cl2N2O2P2Ru+2. The number of hydrogen-bond donors (Lipinski definition) is 2. The Morgan fingerprint density at radius 1 is 0.412 bits per heavy atom. The van der Waals surface area contributed by atoms with Crippen LogP contribution in [0.5, 0.6) is 11.5 Å². The molecule has 1 atom stereocenters. The molecule has 0 heterocycles. The van der Waals surface area contributed by atoms with E-state index in [-0.39, 0.29) is 27.1 Å². The minimum absolute atomic E-state index is 0.226. The molecular weight excluding hydrogens is 1150 g/mol. The number of methoxy groups -OCH3 is 2. The fourth-order valence-corrected chi connectivity index (χ4v) is 17.1. The molecule has 0 radical (unpaired) electrons. The number of fused-ring (bicyclic) bond motifs is 2. The third kappa shape index (κ3) is 13.6. The Morgan fingerprint density at radius 3 is 0.950 bits per heavy atom. The van der Waals surface area contributed by atoms with E-state index in [1.54, 1.807) is 14.2 Å². The van der Waals surface area contributed by atoms with Crippen LogP contribution in [0.1, 0.15) is 69.5 Å². The molecule has 4 N–H and O–H groups in total. The van der Waals surface area contributed by atoms with Gasteiger partial charge in [0, 0.05) is 6.04 Å². The number of ether oxygens (including phenoxy) is 2. The second kappa shape index (κ2) is 26.9. The molecule has 0 spiro atoms. The molecule has 10 rings (SSSR count). The molecule has 0 aliphatic rings. The monoisotopic (exact) mass is 1220 g/mol. The van der Waals surface area contributed by atoms with Crippen LogP contribution in [-0.2, 0) is 20.7 Å². The van der Waals surface area contributed by atoms with Crippen molar-refractivity contribution in [3.63, 3.8) is 0 Å². The minimum atomic E-state index is -0.937. The topological polar surface area (TPSA) is 70.5 Å². The van der Waals surface area contributed by atoms with E-state index < -0.39 is 21.4 Å². The van der Waals surface area contributed by atoms with Crippen LogP contribution >= 0.6 is 35.2 Å². The number of nitrogens with two attached hydrogens (primary N) is 2. The van der Waals surface area contributed by atoms with Gasteiger partial charge in [-0.15, -0.1) is 0 Å². The summed E-state index contributed by atoms with van der Waals surface area (Å²) in [5.41, 5.74) is 27.7. The molecule has 10 aromatic carbocycles. The standard InChI is InChI=1S/C52H48P2.C19H26N2O2.2ClH.Ru/c1-33-21-34(2)26-43(25-33)53(44-27-35(3)22-36(4)28-44)49-19-17-41-13-9-11-15-47(41)51(49)52-48-16-12-10-14-42(48)18-20-50(52)54(45-29-37(5)23-38(6)30-45)46-31-39(7)24-40(8)32-46;1-13(2)18(20)19(21,14-5-9-16(22-3)10-6-14)15-7-11-17(23-4)12-8-15;;;/h9-32H,1-8H3;5-13,18H,20-21H2,1-4H3;2*1H;/q;;;;+4/p-2/t;18-;;;/m.0.../s1. The van der Waals surface area contributed by atoms with Crippen LogP contribution in [0.2, 0.25) is 0 Å². The van der Waals surface area contributed by atoms with Gasteiger partial charge >= 0.3 is 34.5 Å². The zero-order valence-corrected chi connectivity index (χ0v) is 53.1. The summed E-state index contributed by atoms with van der Waals surface area (Å²) in [5, 5.41) is 13.6. The van der Waals surface area contributed by atoms with Crippen LogP contribution in [0.25, 0.3) is 32.7 Å². The number of benzene rings is 10. The van der Waals surface area contributed by atoms with E-state index in [1.165, 1.54) is 109 Å². The molecule has 10 aromatic rings. The van der Waals surface area contributed by atoms with E-state index in [0.717, 1.165) is 22.6 Å². The Balaban J connectivity index is 0.000000270. The first-order chi connectivity index (χ1) is 38.4. The van der Waals surface area contributed by atoms with Crippen molar-refractivity contribution >= 4 is 88.6 Å². The zero-order chi connectivity index (χ0) is 57.4. The van der Waals surface area contributed by atoms with Gasteiger partial charge < -0.3 is 20.9 Å². The van der Waals surface area contributed by atoms with Gasteiger partial charge in [0.1, 0.15) is 11.5 Å². The van der Waals surface area contributed by atoms with E-state index in [9.17, 15) is 0 Å². The van der Waals surface area contributed by atoms with Gasteiger partial charge in [-0.05, 0) is 177 Å². The van der Waals surface area contributed by atoms with Crippen molar-refractivity contribution in [3.05, 3.63) is 250 Å². The molecule has 4 nitrogen and oxygen atoms in total. The van der Waals surface area contributed by atoms with Gasteiger partial charge in [-0.25, -0.2) is 0 Å². The summed E-state index contributed by atoms with van der Waals surface area (Å²) in [6.07, 6.45) is 0. The van der Waals surface area contributed by atoms with Crippen molar-refractivity contribution in [2.75, 3.05) is 14.2 Å². The Hall–Kier alpha value is -5.70. The van der Waals surface area contributed by atoms with Crippen LogP contribution in [0.3, 0.4) is 0 Å². The van der Waals surface area contributed by atoms with Gasteiger partial charge in [0.25, 0.3) is 0 Å². The third-order valence-corrected chi connectivity index (χ3v) is 19.6. The SMILES string of the molecule is COc1ccc(C(N)(c2ccc(OC)cc2)[C@@H](N)C(C)C)cc1.Cc1cc(C)cc(P(c2cc(C)cc(C)c2)c2ccc3ccccc3c2-c2c(P(c3cc(C)cc(C)c3)c3cc(C)cc(C)c3)ccc3ccccc23)c1.[Cl][Ru+2][Cl]. The summed E-state index contributed by atoms with van der Waals surface area (Å²) in [5.74, 6) is 1.82. The predicted octanol–water partition coefficient (Wildman–Crippen LogP) is 15.9. The first-order valence-electron chi connectivity index (χ1n) is 27.0. The molecule has 0 saturated carbocycles. The quantitative estimate of drug-likeness (QED) is 0.0891. The van der Waals surface area contributed by atoms with Gasteiger partial charge in [-0.1, -0.05) is 228 Å². The molecule has 0 aliphatic carbocycles. The summed E-state index contributed by atoms with van der Waals surface area (Å²) >= 11 is -0.346. The molecule has 0 aliphatic heterocycles. The maximum absolute atomic E-state index is 6.86. The van der Waals surface area contributed by atoms with E-state index in [1.807, 2.05) is 48.5 Å². The predicted molar refractivity (Wildman–Crippen MR) is 348 cm³/mol. The second-order valence-electron chi connectivity index (χ2n) is 21.6. The second-order valence-corrected chi connectivity index (χ2v) is 28.6. The van der Waals surface area contributed by atoms with Crippen molar-refractivity contribution in [1.29, 1.82) is 0 Å². The molecule has 0 aromatic heterocycles. The van der Waals surface area contributed by atoms with E-state index >= 15 is 0 Å². The Morgan fingerprint density at radius 2 is 0.688 bits per heavy atom.